The van der Waals surface area contributed by atoms with Gasteiger partial charge in [0.1, 0.15) is 0 Å². The molecule has 0 amide bonds. The van der Waals surface area contributed by atoms with Crippen molar-refractivity contribution in [2.24, 2.45) is 14.1 Å². The number of aromatic nitrogens is 7. The predicted molar refractivity (Wildman–Crippen MR) is 106 cm³/mol. The first-order valence-electron chi connectivity index (χ1n) is 9.43. The lowest BCUT2D eigenvalue weighted by Crippen LogP contribution is -2.46. The monoisotopic (exact) mass is 377 g/mol. The van der Waals surface area contributed by atoms with Crippen LogP contribution in [0.25, 0.3) is 16.9 Å². The van der Waals surface area contributed by atoms with E-state index in [9.17, 15) is 0 Å². The topological polar surface area (TPSA) is 72.3 Å². The van der Waals surface area contributed by atoms with Gasteiger partial charge < -0.3 is 4.90 Å². The van der Waals surface area contributed by atoms with E-state index in [4.69, 9.17) is 0 Å². The largest absolute Gasteiger partial charge is 0.351 e. The average Bonchev–Trinajstić information content (AvgIpc) is 3.42. The van der Waals surface area contributed by atoms with Gasteiger partial charge in [-0.2, -0.15) is 10.2 Å². The second kappa shape index (κ2) is 6.75. The molecule has 1 fully saturated rings. The van der Waals surface area contributed by atoms with Crippen LogP contribution in [-0.2, 0) is 20.6 Å². The van der Waals surface area contributed by atoms with Gasteiger partial charge in [0.05, 0.1) is 24.3 Å². The number of imidazole rings is 1. The fourth-order valence-corrected chi connectivity index (χ4v) is 3.83. The highest BCUT2D eigenvalue weighted by atomic mass is 15.3. The fraction of sp³-hybridized carbons (Fsp3) is 0.368. The first-order valence-corrected chi connectivity index (χ1v) is 9.43. The number of aryl methyl sites for hydroxylation is 2. The Morgan fingerprint density at radius 2 is 1.68 bits per heavy atom. The summed E-state index contributed by atoms with van der Waals surface area (Å²) >= 11 is 0. The van der Waals surface area contributed by atoms with Gasteiger partial charge >= 0.3 is 0 Å². The SMILES string of the molecule is Cn1cc(CN2CCN(c3nccn4c(-c5cnn(C)c5)cnc34)CC2)cn1. The molecule has 0 atom stereocenters. The van der Waals surface area contributed by atoms with E-state index in [-0.39, 0.29) is 0 Å². The molecule has 28 heavy (non-hydrogen) atoms. The third-order valence-corrected chi connectivity index (χ3v) is 5.25. The average molecular weight is 377 g/mol. The third kappa shape index (κ3) is 3.03. The smallest absolute Gasteiger partial charge is 0.180 e. The molecule has 0 bridgehead atoms. The molecule has 1 aliphatic rings. The summed E-state index contributed by atoms with van der Waals surface area (Å²) < 4.78 is 5.76. The van der Waals surface area contributed by atoms with Gasteiger partial charge in [0.15, 0.2) is 11.5 Å². The summed E-state index contributed by atoms with van der Waals surface area (Å²) in [5.74, 6) is 0.943. The van der Waals surface area contributed by atoms with Crippen LogP contribution in [0.2, 0.25) is 0 Å². The summed E-state index contributed by atoms with van der Waals surface area (Å²) in [7, 11) is 3.88. The molecule has 9 heteroatoms. The number of nitrogens with zero attached hydrogens (tertiary/aromatic N) is 9. The lowest BCUT2D eigenvalue weighted by atomic mass is 10.2. The molecular formula is C19H23N9. The summed E-state index contributed by atoms with van der Waals surface area (Å²) in [6.45, 7) is 4.79. The second-order valence-corrected chi connectivity index (χ2v) is 7.28. The minimum absolute atomic E-state index is 0.891. The van der Waals surface area contributed by atoms with Crippen molar-refractivity contribution in [3.05, 3.63) is 48.9 Å². The molecule has 144 valence electrons. The number of anilines is 1. The van der Waals surface area contributed by atoms with E-state index in [1.807, 2.05) is 56.0 Å². The third-order valence-electron chi connectivity index (χ3n) is 5.25. The second-order valence-electron chi connectivity index (χ2n) is 7.28. The zero-order valence-corrected chi connectivity index (χ0v) is 16.1. The van der Waals surface area contributed by atoms with Gasteiger partial charge in [-0.05, 0) is 0 Å². The van der Waals surface area contributed by atoms with Crippen LogP contribution in [-0.4, -0.2) is 65.0 Å². The van der Waals surface area contributed by atoms with Gasteiger partial charge in [-0.25, -0.2) is 9.97 Å². The molecule has 0 N–H and O–H groups in total. The molecule has 0 spiro atoms. The van der Waals surface area contributed by atoms with Crippen LogP contribution < -0.4 is 4.90 Å². The molecule has 4 aromatic heterocycles. The standard InChI is InChI=1S/C19H23N9/c1-24-12-15(9-22-24)13-26-5-7-27(8-6-26)18-19-21-11-17(28(19)4-3-20-18)16-10-23-25(2)14-16/h3-4,9-12,14H,5-8,13H2,1-2H3. The van der Waals surface area contributed by atoms with Crippen molar-refractivity contribution in [1.29, 1.82) is 0 Å². The summed E-state index contributed by atoms with van der Waals surface area (Å²) in [6.07, 6.45) is 13.6. The summed E-state index contributed by atoms with van der Waals surface area (Å²) in [5, 5.41) is 8.53. The van der Waals surface area contributed by atoms with Crippen molar-refractivity contribution in [3.8, 4) is 11.3 Å². The van der Waals surface area contributed by atoms with E-state index < -0.39 is 0 Å². The minimum atomic E-state index is 0.891. The van der Waals surface area contributed by atoms with Gasteiger partial charge in [0.25, 0.3) is 0 Å². The number of hydrogen-bond donors (Lipinski definition) is 0. The van der Waals surface area contributed by atoms with Gasteiger partial charge in [-0.15, -0.1) is 0 Å². The summed E-state index contributed by atoms with van der Waals surface area (Å²) in [6, 6.07) is 0. The number of rotatable bonds is 4. The Morgan fingerprint density at radius 1 is 0.893 bits per heavy atom. The normalized spacial score (nSPS) is 15.6. The lowest BCUT2D eigenvalue weighted by molar-refractivity contribution is 0.249. The highest BCUT2D eigenvalue weighted by molar-refractivity contribution is 5.70. The molecule has 9 nitrogen and oxygen atoms in total. The zero-order chi connectivity index (χ0) is 19.1. The maximum Gasteiger partial charge on any atom is 0.180 e. The van der Waals surface area contributed by atoms with Gasteiger partial charge in [-0.1, -0.05) is 0 Å². The number of piperazine rings is 1. The van der Waals surface area contributed by atoms with Gasteiger partial charge in [-0.3, -0.25) is 18.7 Å². The Balaban J connectivity index is 1.35. The molecule has 5 rings (SSSR count). The summed E-state index contributed by atoms with van der Waals surface area (Å²) in [4.78, 5) is 14.1. The maximum atomic E-state index is 4.67. The number of fused-ring (bicyclic) bond motifs is 1. The Labute approximate surface area is 162 Å². The van der Waals surface area contributed by atoms with E-state index in [0.29, 0.717) is 0 Å². The van der Waals surface area contributed by atoms with Crippen LogP contribution >= 0.6 is 0 Å². The van der Waals surface area contributed by atoms with Crippen molar-refractivity contribution in [3.63, 3.8) is 0 Å². The Hall–Kier alpha value is -3.20. The molecule has 0 radical (unpaired) electrons. The fourth-order valence-electron chi connectivity index (χ4n) is 3.83. The Morgan fingerprint density at radius 3 is 2.39 bits per heavy atom. The summed E-state index contributed by atoms with van der Waals surface area (Å²) in [5.41, 5.74) is 4.23. The molecule has 0 aliphatic carbocycles. The van der Waals surface area contributed by atoms with Crippen LogP contribution in [0, 0.1) is 0 Å². The van der Waals surface area contributed by atoms with Gasteiger partial charge in [0.2, 0.25) is 0 Å². The van der Waals surface area contributed by atoms with Crippen LogP contribution in [0.5, 0.6) is 0 Å². The molecule has 1 saturated heterocycles. The quantitative estimate of drug-likeness (QED) is 0.532. The highest BCUT2D eigenvalue weighted by Crippen LogP contribution is 2.25. The Kier molecular flexibility index (Phi) is 4.09. The first-order chi connectivity index (χ1) is 13.7. The first kappa shape index (κ1) is 16.9. The van der Waals surface area contributed by atoms with E-state index in [2.05, 4.69) is 40.6 Å². The van der Waals surface area contributed by atoms with Crippen molar-refractivity contribution in [1.82, 2.24) is 38.8 Å². The minimum Gasteiger partial charge on any atom is -0.351 e. The van der Waals surface area contributed by atoms with Gasteiger partial charge in [0, 0.05) is 82.7 Å². The van der Waals surface area contributed by atoms with Crippen LogP contribution in [0.4, 0.5) is 5.82 Å². The van der Waals surface area contributed by atoms with Crippen LogP contribution in [0.1, 0.15) is 5.56 Å². The van der Waals surface area contributed by atoms with E-state index >= 15 is 0 Å². The highest BCUT2D eigenvalue weighted by Gasteiger charge is 2.22. The van der Waals surface area contributed by atoms with Crippen LogP contribution in [0.15, 0.2) is 43.4 Å². The predicted octanol–water partition coefficient (Wildman–Crippen LogP) is 1.19. The molecular weight excluding hydrogens is 354 g/mol. The molecule has 5 heterocycles. The van der Waals surface area contributed by atoms with Crippen LogP contribution in [0.3, 0.4) is 0 Å². The van der Waals surface area contributed by atoms with Crippen molar-refractivity contribution in [2.75, 3.05) is 31.1 Å². The van der Waals surface area contributed by atoms with Crippen molar-refractivity contribution >= 4 is 11.5 Å². The van der Waals surface area contributed by atoms with Crippen molar-refractivity contribution < 1.29 is 0 Å². The molecule has 1 aliphatic heterocycles. The zero-order valence-electron chi connectivity index (χ0n) is 16.1. The maximum absolute atomic E-state index is 4.67. The van der Waals surface area contributed by atoms with E-state index in [1.165, 1.54) is 5.56 Å². The van der Waals surface area contributed by atoms with Crippen molar-refractivity contribution in [2.45, 2.75) is 6.54 Å². The number of hydrogen-bond acceptors (Lipinski definition) is 6. The molecule has 0 unspecified atom stereocenters. The Bertz CT molecular complexity index is 1100. The molecule has 4 aromatic rings. The van der Waals surface area contributed by atoms with E-state index in [1.54, 1.807) is 4.68 Å². The molecule has 0 aromatic carbocycles. The lowest BCUT2D eigenvalue weighted by Gasteiger charge is -2.35. The molecule has 0 saturated carbocycles. The van der Waals surface area contributed by atoms with E-state index in [0.717, 1.165) is 55.4 Å².